The summed E-state index contributed by atoms with van der Waals surface area (Å²) in [6.45, 7) is 9.89. The molecule has 2 aliphatic carbocycles. The number of nitrogens with one attached hydrogen (secondary N) is 1. The van der Waals surface area contributed by atoms with Gasteiger partial charge in [-0.1, -0.05) is 12.8 Å². The molecule has 0 spiro atoms. The highest BCUT2D eigenvalue weighted by molar-refractivity contribution is 5.10. The summed E-state index contributed by atoms with van der Waals surface area (Å²) in [5.74, 6) is 9.78. The Morgan fingerprint density at radius 1 is 1.11 bits per heavy atom. The smallest absolute Gasteiger partial charge is 0.0246 e. The SMILES string of the molecule is CCNC(CC#CC(C)(C)C)C(C1CC1)C1CC1. The van der Waals surface area contributed by atoms with Crippen LogP contribution in [0.15, 0.2) is 0 Å². The minimum atomic E-state index is 0.144. The molecule has 2 aliphatic rings. The van der Waals surface area contributed by atoms with Crippen molar-refractivity contribution >= 4 is 0 Å². The van der Waals surface area contributed by atoms with Gasteiger partial charge in [0, 0.05) is 17.9 Å². The summed E-state index contributed by atoms with van der Waals surface area (Å²) in [4.78, 5) is 0. The summed E-state index contributed by atoms with van der Waals surface area (Å²) in [5.41, 5.74) is 0.144. The Hall–Kier alpha value is -0.480. The van der Waals surface area contributed by atoms with Gasteiger partial charge in [-0.2, -0.15) is 0 Å². The van der Waals surface area contributed by atoms with E-state index in [0.29, 0.717) is 6.04 Å². The van der Waals surface area contributed by atoms with Crippen molar-refractivity contribution < 1.29 is 0 Å². The van der Waals surface area contributed by atoms with Gasteiger partial charge in [-0.05, 0) is 70.8 Å². The monoisotopic (exact) mass is 247 g/mol. The van der Waals surface area contributed by atoms with Crippen LogP contribution in [0, 0.1) is 35.0 Å². The molecule has 18 heavy (non-hydrogen) atoms. The van der Waals surface area contributed by atoms with Crippen LogP contribution in [0.3, 0.4) is 0 Å². The first-order chi connectivity index (χ1) is 8.51. The van der Waals surface area contributed by atoms with Gasteiger partial charge in [0.05, 0.1) is 0 Å². The molecule has 2 saturated carbocycles. The maximum atomic E-state index is 3.71. The highest BCUT2D eigenvalue weighted by Crippen LogP contribution is 2.51. The van der Waals surface area contributed by atoms with Gasteiger partial charge >= 0.3 is 0 Å². The Morgan fingerprint density at radius 3 is 2.06 bits per heavy atom. The molecule has 1 atom stereocenters. The zero-order valence-corrected chi connectivity index (χ0v) is 12.6. The first-order valence-corrected chi connectivity index (χ1v) is 7.74. The van der Waals surface area contributed by atoms with Crippen LogP contribution in [0.1, 0.15) is 59.8 Å². The second-order valence-corrected chi connectivity index (χ2v) is 7.17. The van der Waals surface area contributed by atoms with E-state index in [1.54, 1.807) is 0 Å². The zero-order valence-electron chi connectivity index (χ0n) is 12.6. The van der Waals surface area contributed by atoms with Gasteiger partial charge in [0.25, 0.3) is 0 Å². The van der Waals surface area contributed by atoms with Crippen molar-refractivity contribution in [2.75, 3.05) is 6.54 Å². The molecule has 1 nitrogen and oxygen atoms in total. The standard InChI is InChI=1S/C17H29N/c1-5-18-15(7-6-12-17(2,3)4)16(13-8-9-13)14-10-11-14/h13-16,18H,5,7-11H2,1-4H3. The lowest BCUT2D eigenvalue weighted by molar-refractivity contribution is 0.289. The van der Waals surface area contributed by atoms with Gasteiger partial charge in [-0.3, -0.25) is 0 Å². The van der Waals surface area contributed by atoms with Crippen molar-refractivity contribution in [3.8, 4) is 11.8 Å². The molecule has 1 heteroatoms. The molecule has 102 valence electrons. The van der Waals surface area contributed by atoms with E-state index in [0.717, 1.165) is 30.7 Å². The van der Waals surface area contributed by atoms with Crippen molar-refractivity contribution in [1.29, 1.82) is 0 Å². The van der Waals surface area contributed by atoms with Crippen LogP contribution in [0.25, 0.3) is 0 Å². The molecule has 0 amide bonds. The minimum absolute atomic E-state index is 0.144. The van der Waals surface area contributed by atoms with E-state index in [-0.39, 0.29) is 5.41 Å². The molecular weight excluding hydrogens is 218 g/mol. The molecule has 0 aromatic carbocycles. The average molecular weight is 247 g/mol. The quantitative estimate of drug-likeness (QED) is 0.703. The van der Waals surface area contributed by atoms with Gasteiger partial charge < -0.3 is 5.32 Å². The predicted octanol–water partition coefficient (Wildman–Crippen LogP) is 3.84. The Morgan fingerprint density at radius 2 is 1.67 bits per heavy atom. The summed E-state index contributed by atoms with van der Waals surface area (Å²) in [6, 6.07) is 0.643. The van der Waals surface area contributed by atoms with Gasteiger partial charge in [-0.25, -0.2) is 0 Å². The van der Waals surface area contributed by atoms with Crippen LogP contribution in [0.2, 0.25) is 0 Å². The Kier molecular flexibility index (Phi) is 4.38. The fourth-order valence-corrected chi connectivity index (χ4v) is 3.04. The van der Waals surface area contributed by atoms with Crippen LogP contribution < -0.4 is 5.32 Å². The predicted molar refractivity (Wildman–Crippen MR) is 78.3 cm³/mol. The highest BCUT2D eigenvalue weighted by atomic mass is 14.9. The molecule has 0 heterocycles. The lowest BCUT2D eigenvalue weighted by Crippen LogP contribution is -2.38. The van der Waals surface area contributed by atoms with Crippen molar-refractivity contribution in [2.45, 2.75) is 65.8 Å². The van der Waals surface area contributed by atoms with Gasteiger partial charge in [0.2, 0.25) is 0 Å². The minimum Gasteiger partial charge on any atom is -0.313 e. The molecule has 0 aromatic heterocycles. The molecule has 0 saturated heterocycles. The molecule has 0 bridgehead atoms. The van der Waals surface area contributed by atoms with E-state index >= 15 is 0 Å². The Balaban J connectivity index is 1.94. The summed E-state index contributed by atoms with van der Waals surface area (Å²) in [5, 5.41) is 3.71. The molecule has 0 radical (unpaired) electrons. The normalized spacial score (nSPS) is 21.6. The van der Waals surface area contributed by atoms with Crippen LogP contribution in [-0.4, -0.2) is 12.6 Å². The third-order valence-electron chi connectivity index (χ3n) is 4.05. The first kappa shape index (κ1) is 13.9. The first-order valence-electron chi connectivity index (χ1n) is 7.74. The summed E-state index contributed by atoms with van der Waals surface area (Å²) >= 11 is 0. The maximum absolute atomic E-state index is 3.71. The molecule has 1 unspecified atom stereocenters. The number of hydrogen-bond acceptors (Lipinski definition) is 1. The third-order valence-corrected chi connectivity index (χ3v) is 4.05. The fourth-order valence-electron chi connectivity index (χ4n) is 3.04. The van der Waals surface area contributed by atoms with Gasteiger partial charge in [0.15, 0.2) is 0 Å². The Labute approximate surface area is 113 Å². The number of rotatable bonds is 6. The average Bonchev–Trinajstić information content (AvgIpc) is 3.11. The summed E-state index contributed by atoms with van der Waals surface area (Å²) < 4.78 is 0. The van der Waals surface area contributed by atoms with E-state index in [2.05, 4.69) is 44.9 Å². The lowest BCUT2D eigenvalue weighted by atomic mass is 9.87. The van der Waals surface area contributed by atoms with Crippen molar-refractivity contribution in [3.05, 3.63) is 0 Å². The topological polar surface area (TPSA) is 12.0 Å². The fraction of sp³-hybridized carbons (Fsp3) is 0.882. The molecule has 2 rings (SSSR count). The lowest BCUT2D eigenvalue weighted by Gasteiger charge is -2.26. The molecule has 2 fully saturated rings. The van der Waals surface area contributed by atoms with E-state index < -0.39 is 0 Å². The zero-order chi connectivity index (χ0) is 13.2. The molecule has 1 N–H and O–H groups in total. The van der Waals surface area contributed by atoms with Crippen molar-refractivity contribution in [1.82, 2.24) is 5.32 Å². The van der Waals surface area contributed by atoms with Crippen LogP contribution in [-0.2, 0) is 0 Å². The second kappa shape index (κ2) is 5.66. The third kappa shape index (κ3) is 4.32. The molecule has 0 aliphatic heterocycles. The van der Waals surface area contributed by atoms with Gasteiger partial charge in [0.1, 0.15) is 0 Å². The van der Waals surface area contributed by atoms with Crippen LogP contribution in [0.4, 0.5) is 0 Å². The molecule has 0 aromatic rings. The number of hydrogen-bond donors (Lipinski definition) is 1. The highest BCUT2D eigenvalue weighted by Gasteiger charge is 2.44. The van der Waals surface area contributed by atoms with E-state index in [9.17, 15) is 0 Å². The van der Waals surface area contributed by atoms with E-state index in [4.69, 9.17) is 0 Å². The summed E-state index contributed by atoms with van der Waals surface area (Å²) in [7, 11) is 0. The largest absolute Gasteiger partial charge is 0.313 e. The van der Waals surface area contributed by atoms with Crippen LogP contribution in [0.5, 0.6) is 0 Å². The van der Waals surface area contributed by atoms with Crippen LogP contribution >= 0.6 is 0 Å². The van der Waals surface area contributed by atoms with Gasteiger partial charge in [-0.15, -0.1) is 5.92 Å². The van der Waals surface area contributed by atoms with Crippen molar-refractivity contribution in [2.24, 2.45) is 23.2 Å². The molecular formula is C17H29N. The van der Waals surface area contributed by atoms with E-state index in [1.165, 1.54) is 25.7 Å². The maximum Gasteiger partial charge on any atom is 0.0246 e. The summed E-state index contributed by atoms with van der Waals surface area (Å²) in [6.07, 6.45) is 6.92. The van der Waals surface area contributed by atoms with E-state index in [1.807, 2.05) is 0 Å². The van der Waals surface area contributed by atoms with Crippen molar-refractivity contribution in [3.63, 3.8) is 0 Å². The Bertz CT molecular complexity index is 308. The second-order valence-electron chi connectivity index (χ2n) is 7.17.